The Bertz CT molecular complexity index is 509. The van der Waals surface area contributed by atoms with E-state index in [9.17, 15) is 13.2 Å². The summed E-state index contributed by atoms with van der Waals surface area (Å²) in [5.41, 5.74) is 0.452. The lowest BCUT2D eigenvalue weighted by molar-refractivity contribution is -0.159. The quantitative estimate of drug-likeness (QED) is 0.807. The number of halogens is 4. The minimum atomic E-state index is -4.61. The standard InChI is InChI=1S/C9H4BrF3N2O/c10-6-3-1-2-5(4-6)7-14-8(16-15-7)9(11,12)13/h1-4H. The smallest absolute Gasteiger partial charge is 0.329 e. The van der Waals surface area contributed by atoms with E-state index in [1.54, 1.807) is 24.3 Å². The molecule has 0 spiro atoms. The van der Waals surface area contributed by atoms with Gasteiger partial charge in [0, 0.05) is 10.0 Å². The molecule has 7 heteroatoms. The van der Waals surface area contributed by atoms with Gasteiger partial charge in [0.2, 0.25) is 5.82 Å². The van der Waals surface area contributed by atoms with Crippen molar-refractivity contribution in [1.82, 2.24) is 10.1 Å². The topological polar surface area (TPSA) is 38.9 Å². The number of alkyl halides is 3. The molecule has 1 aromatic carbocycles. The highest BCUT2D eigenvalue weighted by molar-refractivity contribution is 9.10. The molecule has 0 saturated heterocycles. The summed E-state index contributed by atoms with van der Waals surface area (Å²) in [6.07, 6.45) is -4.61. The summed E-state index contributed by atoms with van der Waals surface area (Å²) in [5, 5.41) is 3.27. The van der Waals surface area contributed by atoms with E-state index in [0.29, 0.717) is 5.56 Å². The summed E-state index contributed by atoms with van der Waals surface area (Å²) in [6.45, 7) is 0. The second-order valence-electron chi connectivity index (χ2n) is 2.93. The van der Waals surface area contributed by atoms with E-state index in [4.69, 9.17) is 0 Å². The largest absolute Gasteiger partial charge is 0.471 e. The maximum Gasteiger partial charge on any atom is 0.471 e. The molecule has 1 heterocycles. The maximum atomic E-state index is 12.2. The zero-order valence-electron chi connectivity index (χ0n) is 7.62. The predicted octanol–water partition coefficient (Wildman–Crippen LogP) is 3.52. The van der Waals surface area contributed by atoms with E-state index < -0.39 is 12.1 Å². The Morgan fingerprint density at radius 2 is 2.00 bits per heavy atom. The number of benzene rings is 1. The lowest BCUT2D eigenvalue weighted by Crippen LogP contribution is -2.04. The van der Waals surface area contributed by atoms with E-state index in [-0.39, 0.29) is 5.82 Å². The highest BCUT2D eigenvalue weighted by Crippen LogP contribution is 2.29. The zero-order valence-corrected chi connectivity index (χ0v) is 9.21. The summed E-state index contributed by atoms with van der Waals surface area (Å²) in [4.78, 5) is 3.27. The normalized spacial score (nSPS) is 11.8. The van der Waals surface area contributed by atoms with Gasteiger partial charge in [0.1, 0.15) is 0 Å². The van der Waals surface area contributed by atoms with Gasteiger partial charge in [0.25, 0.3) is 0 Å². The van der Waals surface area contributed by atoms with E-state index in [1.165, 1.54) is 0 Å². The number of rotatable bonds is 1. The first-order chi connectivity index (χ1) is 7.47. The SMILES string of the molecule is FC(F)(F)c1nc(-c2cccc(Br)c2)no1. The minimum absolute atomic E-state index is 0.0892. The molecule has 0 aliphatic carbocycles. The molecule has 0 N–H and O–H groups in total. The number of hydrogen-bond acceptors (Lipinski definition) is 3. The first kappa shape index (κ1) is 11.1. The molecule has 0 radical (unpaired) electrons. The Morgan fingerprint density at radius 3 is 2.56 bits per heavy atom. The molecule has 0 fully saturated rings. The van der Waals surface area contributed by atoms with Gasteiger partial charge < -0.3 is 4.52 Å². The molecule has 16 heavy (non-hydrogen) atoms. The van der Waals surface area contributed by atoms with E-state index >= 15 is 0 Å². The molecular weight excluding hydrogens is 289 g/mol. The second-order valence-corrected chi connectivity index (χ2v) is 3.85. The Hall–Kier alpha value is -1.37. The molecule has 2 rings (SSSR count). The monoisotopic (exact) mass is 292 g/mol. The van der Waals surface area contributed by atoms with Crippen molar-refractivity contribution in [2.75, 3.05) is 0 Å². The first-order valence-corrected chi connectivity index (χ1v) is 4.93. The highest BCUT2D eigenvalue weighted by Gasteiger charge is 2.38. The van der Waals surface area contributed by atoms with Gasteiger partial charge >= 0.3 is 12.1 Å². The molecular formula is C9H4BrF3N2O. The predicted molar refractivity (Wildman–Crippen MR) is 52.4 cm³/mol. The number of nitrogens with zero attached hydrogens (tertiary/aromatic N) is 2. The van der Waals surface area contributed by atoms with Gasteiger partial charge in [-0.2, -0.15) is 18.2 Å². The van der Waals surface area contributed by atoms with Gasteiger partial charge in [-0.3, -0.25) is 0 Å². The van der Waals surface area contributed by atoms with E-state index in [0.717, 1.165) is 4.47 Å². The van der Waals surface area contributed by atoms with Crippen LogP contribution in [-0.4, -0.2) is 10.1 Å². The Morgan fingerprint density at radius 1 is 1.25 bits per heavy atom. The average Bonchev–Trinajstić information content (AvgIpc) is 2.65. The van der Waals surface area contributed by atoms with Crippen molar-refractivity contribution in [1.29, 1.82) is 0 Å². The van der Waals surface area contributed by atoms with Crippen molar-refractivity contribution in [3.8, 4) is 11.4 Å². The van der Waals surface area contributed by atoms with Crippen LogP contribution < -0.4 is 0 Å². The van der Waals surface area contributed by atoms with E-state index in [1.807, 2.05) is 0 Å². The zero-order chi connectivity index (χ0) is 11.8. The third-order valence-electron chi connectivity index (χ3n) is 1.75. The van der Waals surface area contributed by atoms with Crippen molar-refractivity contribution in [3.05, 3.63) is 34.6 Å². The van der Waals surface area contributed by atoms with Crippen molar-refractivity contribution in [2.24, 2.45) is 0 Å². The molecule has 1 aromatic heterocycles. The van der Waals surface area contributed by atoms with E-state index in [2.05, 4.69) is 30.6 Å². The van der Waals surface area contributed by atoms with Gasteiger partial charge in [-0.05, 0) is 12.1 Å². The fraction of sp³-hybridized carbons (Fsp3) is 0.111. The van der Waals surface area contributed by atoms with Crippen LogP contribution in [0, 0.1) is 0 Å². The molecule has 0 amide bonds. The summed E-state index contributed by atoms with van der Waals surface area (Å²) >= 11 is 3.20. The van der Waals surface area contributed by atoms with Gasteiger partial charge in [-0.25, -0.2) is 0 Å². The molecule has 0 atom stereocenters. The lowest BCUT2D eigenvalue weighted by atomic mass is 10.2. The number of aromatic nitrogens is 2. The summed E-state index contributed by atoms with van der Waals surface area (Å²) in [6, 6.07) is 6.61. The lowest BCUT2D eigenvalue weighted by Gasteiger charge is -1.96. The molecule has 0 unspecified atom stereocenters. The fourth-order valence-corrected chi connectivity index (χ4v) is 1.48. The second kappa shape index (κ2) is 3.89. The molecule has 2 aromatic rings. The molecule has 3 nitrogen and oxygen atoms in total. The van der Waals surface area contributed by atoms with Crippen LogP contribution in [0.4, 0.5) is 13.2 Å². The maximum absolute atomic E-state index is 12.2. The molecule has 84 valence electrons. The van der Waals surface area contributed by atoms with Crippen LogP contribution in [0.25, 0.3) is 11.4 Å². The van der Waals surface area contributed by atoms with Crippen LogP contribution >= 0.6 is 15.9 Å². The van der Waals surface area contributed by atoms with Crippen molar-refractivity contribution in [3.63, 3.8) is 0 Å². The van der Waals surface area contributed by atoms with Crippen LogP contribution in [-0.2, 0) is 6.18 Å². The Balaban J connectivity index is 2.39. The minimum Gasteiger partial charge on any atom is -0.329 e. The van der Waals surface area contributed by atoms with Crippen LogP contribution in [0.3, 0.4) is 0 Å². The molecule has 0 aliphatic rings. The van der Waals surface area contributed by atoms with Crippen LogP contribution in [0.1, 0.15) is 5.89 Å². The van der Waals surface area contributed by atoms with Gasteiger partial charge in [0.05, 0.1) is 0 Å². The van der Waals surface area contributed by atoms with Gasteiger partial charge in [-0.1, -0.05) is 33.2 Å². The van der Waals surface area contributed by atoms with Crippen molar-refractivity contribution >= 4 is 15.9 Å². The van der Waals surface area contributed by atoms with Gasteiger partial charge in [0.15, 0.2) is 0 Å². The molecule has 0 aliphatic heterocycles. The summed E-state index contributed by atoms with van der Waals surface area (Å²) in [7, 11) is 0. The highest BCUT2D eigenvalue weighted by atomic mass is 79.9. The van der Waals surface area contributed by atoms with Crippen molar-refractivity contribution < 1.29 is 17.7 Å². The Labute approximate surface area is 96.4 Å². The van der Waals surface area contributed by atoms with Crippen molar-refractivity contribution in [2.45, 2.75) is 6.18 Å². The van der Waals surface area contributed by atoms with Gasteiger partial charge in [-0.15, -0.1) is 0 Å². The first-order valence-electron chi connectivity index (χ1n) is 4.13. The van der Waals surface area contributed by atoms with Crippen LogP contribution in [0.5, 0.6) is 0 Å². The molecule has 0 saturated carbocycles. The third kappa shape index (κ3) is 2.24. The number of hydrogen-bond donors (Lipinski definition) is 0. The summed E-state index contributed by atoms with van der Waals surface area (Å²) in [5.74, 6) is -1.43. The van der Waals surface area contributed by atoms with Crippen LogP contribution in [0.15, 0.2) is 33.3 Å². The van der Waals surface area contributed by atoms with Crippen LogP contribution in [0.2, 0.25) is 0 Å². The third-order valence-corrected chi connectivity index (χ3v) is 2.24. The fourth-order valence-electron chi connectivity index (χ4n) is 1.08. The Kier molecular flexibility index (Phi) is 2.71. The summed E-state index contributed by atoms with van der Waals surface area (Å²) < 4.78 is 41.4. The average molecular weight is 293 g/mol. The molecule has 0 bridgehead atoms.